The van der Waals surface area contributed by atoms with Crippen LogP contribution in [0.25, 0.3) is 0 Å². The van der Waals surface area contributed by atoms with Gasteiger partial charge in [0.15, 0.2) is 0 Å². The third kappa shape index (κ3) is 5.59. The van der Waals surface area contributed by atoms with E-state index in [4.69, 9.17) is 4.74 Å². The van der Waals surface area contributed by atoms with Crippen LogP contribution in [-0.4, -0.2) is 67.5 Å². The Balaban J connectivity index is 0.00000261. The van der Waals surface area contributed by atoms with Gasteiger partial charge in [0, 0.05) is 45.1 Å². The van der Waals surface area contributed by atoms with E-state index in [9.17, 15) is 9.59 Å². The van der Waals surface area contributed by atoms with Crippen LogP contribution in [0.15, 0.2) is 24.3 Å². The number of piperidine rings is 1. The van der Waals surface area contributed by atoms with Crippen molar-refractivity contribution in [3.63, 3.8) is 0 Å². The number of likely N-dealkylation sites (tertiary alicyclic amines) is 2. The van der Waals surface area contributed by atoms with Crippen LogP contribution >= 0.6 is 12.4 Å². The van der Waals surface area contributed by atoms with Crippen LogP contribution in [0, 0.1) is 0 Å². The van der Waals surface area contributed by atoms with E-state index in [1.807, 2.05) is 23.1 Å². The maximum atomic E-state index is 12.6. The predicted molar refractivity (Wildman–Crippen MR) is 107 cm³/mol. The number of carbonyl (C=O) groups is 2. The Hall–Kier alpha value is -1.79. The number of hydrogen-bond acceptors (Lipinski definition) is 4. The Kier molecular flexibility index (Phi) is 7.92. The average molecular weight is 396 g/mol. The highest BCUT2D eigenvalue weighted by atomic mass is 35.5. The molecule has 7 heteroatoms. The highest BCUT2D eigenvalue weighted by Crippen LogP contribution is 2.30. The molecular weight excluding hydrogens is 366 g/mol. The number of benzene rings is 1. The lowest BCUT2D eigenvalue weighted by Gasteiger charge is -2.28. The van der Waals surface area contributed by atoms with Gasteiger partial charge in [0.05, 0.1) is 13.7 Å². The van der Waals surface area contributed by atoms with E-state index >= 15 is 0 Å². The summed E-state index contributed by atoms with van der Waals surface area (Å²) in [6.45, 7) is 5.18. The van der Waals surface area contributed by atoms with Gasteiger partial charge in [0.1, 0.15) is 5.75 Å². The molecule has 0 spiro atoms. The van der Waals surface area contributed by atoms with Crippen LogP contribution in [0.1, 0.15) is 37.7 Å². The summed E-state index contributed by atoms with van der Waals surface area (Å²) in [6.07, 6.45) is 3.43. The zero-order valence-corrected chi connectivity index (χ0v) is 17.0. The lowest BCUT2D eigenvalue weighted by molar-refractivity contribution is -0.133. The number of nitrogens with one attached hydrogen (secondary N) is 1. The zero-order chi connectivity index (χ0) is 18.5. The van der Waals surface area contributed by atoms with Crippen LogP contribution in [0.5, 0.6) is 5.75 Å². The van der Waals surface area contributed by atoms with Gasteiger partial charge in [0.25, 0.3) is 0 Å². The molecule has 2 amide bonds. The molecule has 6 nitrogen and oxygen atoms in total. The van der Waals surface area contributed by atoms with Crippen molar-refractivity contribution in [2.45, 2.75) is 38.1 Å². The summed E-state index contributed by atoms with van der Waals surface area (Å²) in [5, 5.41) is 3.06. The van der Waals surface area contributed by atoms with E-state index < -0.39 is 0 Å². The van der Waals surface area contributed by atoms with Crippen LogP contribution in [-0.2, 0) is 9.59 Å². The van der Waals surface area contributed by atoms with Crippen molar-refractivity contribution in [3.8, 4) is 5.75 Å². The fourth-order valence-electron chi connectivity index (χ4n) is 4.07. The Morgan fingerprint density at radius 2 is 1.93 bits per heavy atom. The molecule has 2 aliphatic rings. The number of amides is 2. The van der Waals surface area contributed by atoms with Crippen LogP contribution in [0.3, 0.4) is 0 Å². The van der Waals surface area contributed by atoms with Crippen LogP contribution in [0.2, 0.25) is 0 Å². The molecule has 0 aromatic heterocycles. The van der Waals surface area contributed by atoms with Gasteiger partial charge in [-0.05, 0) is 37.0 Å². The second-order valence-corrected chi connectivity index (χ2v) is 7.33. The highest BCUT2D eigenvalue weighted by Gasteiger charge is 2.36. The highest BCUT2D eigenvalue weighted by molar-refractivity contribution is 5.85. The summed E-state index contributed by atoms with van der Waals surface area (Å²) in [5.74, 6) is 1.14. The maximum Gasteiger partial charge on any atom is 0.236 e. The third-order valence-electron chi connectivity index (χ3n) is 5.37. The molecular formula is C20H30ClN3O3. The smallest absolute Gasteiger partial charge is 0.236 e. The Bertz CT molecular complexity index is 649. The molecule has 2 heterocycles. The zero-order valence-electron chi connectivity index (χ0n) is 16.1. The lowest BCUT2D eigenvalue weighted by atomic mass is 9.94. The molecule has 1 N–H and O–H groups in total. The molecule has 2 saturated heterocycles. The molecule has 0 radical (unpaired) electrons. The van der Waals surface area contributed by atoms with Gasteiger partial charge in [-0.3, -0.25) is 14.5 Å². The Labute approximate surface area is 167 Å². The molecule has 27 heavy (non-hydrogen) atoms. The normalized spacial score (nSPS) is 22.8. The quantitative estimate of drug-likeness (QED) is 0.828. The van der Waals surface area contributed by atoms with Gasteiger partial charge in [-0.15, -0.1) is 12.4 Å². The summed E-state index contributed by atoms with van der Waals surface area (Å²) in [5.41, 5.74) is 1.14. The van der Waals surface area contributed by atoms with Crippen molar-refractivity contribution in [3.05, 3.63) is 29.8 Å². The minimum absolute atomic E-state index is 0. The maximum absolute atomic E-state index is 12.6. The van der Waals surface area contributed by atoms with E-state index in [-0.39, 0.29) is 36.2 Å². The molecule has 0 bridgehead atoms. The predicted octanol–water partition coefficient (Wildman–Crippen LogP) is 2.03. The molecule has 0 unspecified atom stereocenters. The number of nitrogens with zero attached hydrogens (tertiary/aromatic N) is 2. The Morgan fingerprint density at radius 1 is 1.19 bits per heavy atom. The summed E-state index contributed by atoms with van der Waals surface area (Å²) >= 11 is 0. The number of halogens is 1. The first-order valence-corrected chi connectivity index (χ1v) is 9.48. The average Bonchev–Trinajstić information content (AvgIpc) is 3.04. The Morgan fingerprint density at radius 3 is 2.59 bits per heavy atom. The molecule has 2 fully saturated rings. The first kappa shape index (κ1) is 21.5. The minimum atomic E-state index is -0.0351. The fourth-order valence-corrected chi connectivity index (χ4v) is 4.07. The summed E-state index contributed by atoms with van der Waals surface area (Å²) in [7, 11) is 1.66. The number of carbonyl (C=O) groups excluding carboxylic acids is 2. The van der Waals surface area contributed by atoms with Crippen LogP contribution < -0.4 is 10.1 Å². The molecule has 2 aliphatic heterocycles. The fraction of sp³-hybridized carbons (Fsp3) is 0.600. The van der Waals surface area contributed by atoms with E-state index in [2.05, 4.69) is 16.3 Å². The SMILES string of the molecule is COc1cccc([C@H]2CN(CC(=O)N3CCCCC3)C[C@@H]2NC(C)=O)c1.Cl. The van der Waals surface area contributed by atoms with E-state index in [0.29, 0.717) is 13.1 Å². The number of methoxy groups -OCH3 is 1. The van der Waals surface area contributed by atoms with Gasteiger partial charge in [0.2, 0.25) is 11.8 Å². The van der Waals surface area contributed by atoms with Gasteiger partial charge >= 0.3 is 0 Å². The number of rotatable bonds is 5. The standard InChI is InChI=1S/C20H29N3O3.ClH/c1-15(24)21-19-13-22(14-20(25)23-9-4-3-5-10-23)12-18(19)16-7-6-8-17(11-16)26-2;/h6-8,11,18-19H,3-5,9-10,12-14H2,1-2H3,(H,21,24);1H/t18-,19+;/m1./s1. The molecule has 3 rings (SSSR count). The molecule has 1 aromatic carbocycles. The molecule has 0 aliphatic carbocycles. The minimum Gasteiger partial charge on any atom is -0.497 e. The van der Waals surface area contributed by atoms with Gasteiger partial charge in [-0.2, -0.15) is 0 Å². The summed E-state index contributed by atoms with van der Waals surface area (Å²) < 4.78 is 5.34. The third-order valence-corrected chi connectivity index (χ3v) is 5.37. The first-order chi connectivity index (χ1) is 12.6. The van der Waals surface area contributed by atoms with Gasteiger partial charge < -0.3 is 15.0 Å². The number of hydrogen-bond donors (Lipinski definition) is 1. The number of ether oxygens (including phenoxy) is 1. The first-order valence-electron chi connectivity index (χ1n) is 9.48. The van der Waals surface area contributed by atoms with Crippen molar-refractivity contribution in [1.29, 1.82) is 0 Å². The van der Waals surface area contributed by atoms with Crippen molar-refractivity contribution >= 4 is 24.2 Å². The van der Waals surface area contributed by atoms with E-state index in [0.717, 1.165) is 43.8 Å². The van der Waals surface area contributed by atoms with E-state index in [1.165, 1.54) is 6.42 Å². The molecule has 150 valence electrons. The lowest BCUT2D eigenvalue weighted by Crippen LogP contribution is -2.43. The second-order valence-electron chi connectivity index (χ2n) is 7.33. The van der Waals surface area contributed by atoms with E-state index in [1.54, 1.807) is 14.0 Å². The van der Waals surface area contributed by atoms with Crippen molar-refractivity contribution in [2.75, 3.05) is 39.8 Å². The van der Waals surface area contributed by atoms with Crippen molar-refractivity contribution in [1.82, 2.24) is 15.1 Å². The van der Waals surface area contributed by atoms with Crippen LogP contribution in [0.4, 0.5) is 0 Å². The largest absolute Gasteiger partial charge is 0.497 e. The topological polar surface area (TPSA) is 61.9 Å². The van der Waals surface area contributed by atoms with Gasteiger partial charge in [-0.25, -0.2) is 0 Å². The summed E-state index contributed by atoms with van der Waals surface area (Å²) in [6, 6.07) is 7.99. The van der Waals surface area contributed by atoms with Crippen molar-refractivity contribution in [2.24, 2.45) is 0 Å². The van der Waals surface area contributed by atoms with Crippen molar-refractivity contribution < 1.29 is 14.3 Å². The molecule has 0 saturated carbocycles. The summed E-state index contributed by atoms with van der Waals surface area (Å²) in [4.78, 5) is 28.4. The molecule has 2 atom stereocenters. The monoisotopic (exact) mass is 395 g/mol. The molecule has 1 aromatic rings. The second kappa shape index (κ2) is 9.95. The van der Waals surface area contributed by atoms with Gasteiger partial charge in [-0.1, -0.05) is 12.1 Å².